The Labute approximate surface area is 81.7 Å². The SMILES string of the molecule is CCC(C)CNC1CCCC1CO. The zero-order valence-electron chi connectivity index (χ0n) is 8.92. The molecule has 0 bridgehead atoms. The summed E-state index contributed by atoms with van der Waals surface area (Å²) < 4.78 is 0. The van der Waals surface area contributed by atoms with E-state index in [9.17, 15) is 0 Å². The van der Waals surface area contributed by atoms with Gasteiger partial charge in [-0.15, -0.1) is 0 Å². The Kier molecular flexibility index (Phi) is 4.74. The Morgan fingerprint density at radius 2 is 2.23 bits per heavy atom. The van der Waals surface area contributed by atoms with Crippen molar-refractivity contribution in [2.45, 2.75) is 45.6 Å². The molecule has 2 heteroatoms. The van der Waals surface area contributed by atoms with E-state index in [1.54, 1.807) is 0 Å². The molecule has 13 heavy (non-hydrogen) atoms. The molecule has 0 amide bonds. The molecule has 0 radical (unpaired) electrons. The van der Waals surface area contributed by atoms with E-state index >= 15 is 0 Å². The van der Waals surface area contributed by atoms with Crippen LogP contribution in [0.1, 0.15) is 39.5 Å². The maximum Gasteiger partial charge on any atom is 0.0474 e. The lowest BCUT2D eigenvalue weighted by atomic mass is 10.0. The third-order valence-electron chi connectivity index (χ3n) is 3.32. The van der Waals surface area contributed by atoms with Gasteiger partial charge in [-0.05, 0) is 31.2 Å². The fraction of sp³-hybridized carbons (Fsp3) is 1.00. The summed E-state index contributed by atoms with van der Waals surface area (Å²) in [4.78, 5) is 0. The van der Waals surface area contributed by atoms with E-state index in [1.165, 1.54) is 25.7 Å². The molecule has 0 aliphatic heterocycles. The summed E-state index contributed by atoms with van der Waals surface area (Å²) >= 11 is 0. The van der Waals surface area contributed by atoms with Crippen LogP contribution in [0.5, 0.6) is 0 Å². The molecule has 1 saturated carbocycles. The molecule has 1 rings (SSSR count). The van der Waals surface area contributed by atoms with Crippen LogP contribution < -0.4 is 5.32 Å². The van der Waals surface area contributed by atoms with Crippen LogP contribution >= 0.6 is 0 Å². The number of rotatable bonds is 5. The molecule has 1 aliphatic rings. The highest BCUT2D eigenvalue weighted by atomic mass is 16.3. The van der Waals surface area contributed by atoms with Gasteiger partial charge in [0.1, 0.15) is 0 Å². The average Bonchev–Trinajstić information content (AvgIpc) is 2.61. The van der Waals surface area contributed by atoms with Crippen molar-refractivity contribution < 1.29 is 5.11 Å². The van der Waals surface area contributed by atoms with Crippen LogP contribution in [-0.2, 0) is 0 Å². The van der Waals surface area contributed by atoms with Crippen LogP contribution in [-0.4, -0.2) is 24.3 Å². The van der Waals surface area contributed by atoms with Crippen LogP contribution in [0.4, 0.5) is 0 Å². The van der Waals surface area contributed by atoms with E-state index < -0.39 is 0 Å². The Morgan fingerprint density at radius 3 is 2.85 bits per heavy atom. The van der Waals surface area contributed by atoms with Gasteiger partial charge in [-0.25, -0.2) is 0 Å². The zero-order chi connectivity index (χ0) is 9.68. The van der Waals surface area contributed by atoms with Crippen LogP contribution in [0, 0.1) is 11.8 Å². The zero-order valence-corrected chi connectivity index (χ0v) is 8.92. The predicted molar refractivity (Wildman–Crippen MR) is 55.7 cm³/mol. The average molecular weight is 185 g/mol. The normalized spacial score (nSPS) is 30.7. The Hall–Kier alpha value is -0.0800. The van der Waals surface area contributed by atoms with E-state index in [0.29, 0.717) is 18.6 Å². The highest BCUT2D eigenvalue weighted by molar-refractivity contribution is 4.82. The minimum absolute atomic E-state index is 0.359. The second-order valence-electron chi connectivity index (χ2n) is 4.40. The molecule has 0 heterocycles. The lowest BCUT2D eigenvalue weighted by Gasteiger charge is -2.21. The highest BCUT2D eigenvalue weighted by Gasteiger charge is 2.25. The van der Waals surface area contributed by atoms with Crippen molar-refractivity contribution in [1.82, 2.24) is 5.32 Å². The molecule has 1 aliphatic carbocycles. The first-order valence-electron chi connectivity index (χ1n) is 5.62. The molecule has 0 aromatic heterocycles. The fourth-order valence-electron chi connectivity index (χ4n) is 2.02. The van der Waals surface area contributed by atoms with Gasteiger partial charge < -0.3 is 10.4 Å². The van der Waals surface area contributed by atoms with E-state index in [0.717, 1.165) is 12.5 Å². The highest BCUT2D eigenvalue weighted by Crippen LogP contribution is 2.25. The van der Waals surface area contributed by atoms with Crippen LogP contribution in [0.3, 0.4) is 0 Å². The first kappa shape index (κ1) is 11.0. The van der Waals surface area contributed by atoms with Gasteiger partial charge >= 0.3 is 0 Å². The molecule has 0 aromatic carbocycles. The summed E-state index contributed by atoms with van der Waals surface area (Å²) in [5.41, 5.74) is 0. The van der Waals surface area contributed by atoms with E-state index in [4.69, 9.17) is 5.11 Å². The summed E-state index contributed by atoms with van der Waals surface area (Å²) in [5, 5.41) is 12.7. The minimum Gasteiger partial charge on any atom is -0.396 e. The lowest BCUT2D eigenvalue weighted by Crippen LogP contribution is -2.36. The van der Waals surface area contributed by atoms with Crippen molar-refractivity contribution in [1.29, 1.82) is 0 Å². The lowest BCUT2D eigenvalue weighted by molar-refractivity contribution is 0.203. The van der Waals surface area contributed by atoms with Crippen molar-refractivity contribution in [2.75, 3.05) is 13.2 Å². The van der Waals surface area contributed by atoms with E-state index in [-0.39, 0.29) is 0 Å². The van der Waals surface area contributed by atoms with Gasteiger partial charge in [0.05, 0.1) is 0 Å². The minimum atomic E-state index is 0.359. The second-order valence-corrected chi connectivity index (χ2v) is 4.40. The molecule has 0 spiro atoms. The van der Waals surface area contributed by atoms with Crippen molar-refractivity contribution >= 4 is 0 Å². The molecule has 1 fully saturated rings. The molecule has 2 nitrogen and oxygen atoms in total. The number of aliphatic hydroxyl groups is 1. The van der Waals surface area contributed by atoms with Gasteiger partial charge in [0.2, 0.25) is 0 Å². The Morgan fingerprint density at radius 1 is 1.46 bits per heavy atom. The van der Waals surface area contributed by atoms with Crippen molar-refractivity contribution in [2.24, 2.45) is 11.8 Å². The summed E-state index contributed by atoms with van der Waals surface area (Å²) in [7, 11) is 0. The summed E-state index contributed by atoms with van der Waals surface area (Å²) in [6.45, 7) is 5.97. The molecule has 78 valence electrons. The molecule has 3 atom stereocenters. The standard InChI is InChI=1S/C11H23NO/c1-3-9(2)7-12-11-6-4-5-10(11)8-13/h9-13H,3-8H2,1-2H3. The van der Waals surface area contributed by atoms with Crippen LogP contribution in [0.15, 0.2) is 0 Å². The van der Waals surface area contributed by atoms with Gasteiger partial charge in [-0.2, -0.15) is 0 Å². The van der Waals surface area contributed by atoms with Gasteiger partial charge in [-0.3, -0.25) is 0 Å². The maximum atomic E-state index is 9.12. The van der Waals surface area contributed by atoms with Crippen molar-refractivity contribution in [3.8, 4) is 0 Å². The van der Waals surface area contributed by atoms with E-state index in [2.05, 4.69) is 19.2 Å². The Bertz CT molecular complexity index is 138. The van der Waals surface area contributed by atoms with Gasteiger partial charge in [0.25, 0.3) is 0 Å². The summed E-state index contributed by atoms with van der Waals surface area (Å²) in [5.74, 6) is 1.28. The molecular weight excluding hydrogens is 162 g/mol. The number of aliphatic hydroxyl groups excluding tert-OH is 1. The maximum absolute atomic E-state index is 9.12. The molecule has 0 saturated heterocycles. The third-order valence-corrected chi connectivity index (χ3v) is 3.32. The molecular formula is C11H23NO. The van der Waals surface area contributed by atoms with E-state index in [1.807, 2.05) is 0 Å². The van der Waals surface area contributed by atoms with Crippen molar-refractivity contribution in [3.63, 3.8) is 0 Å². The topological polar surface area (TPSA) is 32.3 Å². The smallest absolute Gasteiger partial charge is 0.0474 e. The number of hydrogen-bond donors (Lipinski definition) is 2. The summed E-state index contributed by atoms with van der Waals surface area (Å²) in [6.07, 6.45) is 4.98. The Balaban J connectivity index is 2.19. The quantitative estimate of drug-likeness (QED) is 0.684. The van der Waals surface area contributed by atoms with Crippen LogP contribution in [0.25, 0.3) is 0 Å². The fourth-order valence-corrected chi connectivity index (χ4v) is 2.02. The monoisotopic (exact) mass is 185 g/mol. The summed E-state index contributed by atoms with van der Waals surface area (Å²) in [6, 6.07) is 0.582. The molecule has 0 aromatic rings. The number of hydrogen-bond acceptors (Lipinski definition) is 2. The van der Waals surface area contributed by atoms with Gasteiger partial charge in [0, 0.05) is 12.6 Å². The molecule has 3 unspecified atom stereocenters. The predicted octanol–water partition coefficient (Wildman–Crippen LogP) is 1.78. The van der Waals surface area contributed by atoms with Gasteiger partial charge in [0.15, 0.2) is 0 Å². The first-order chi connectivity index (χ1) is 6.27. The molecule has 2 N–H and O–H groups in total. The second kappa shape index (κ2) is 5.61. The van der Waals surface area contributed by atoms with Crippen LogP contribution in [0.2, 0.25) is 0 Å². The van der Waals surface area contributed by atoms with Crippen molar-refractivity contribution in [3.05, 3.63) is 0 Å². The van der Waals surface area contributed by atoms with Gasteiger partial charge in [-0.1, -0.05) is 26.7 Å². The number of nitrogens with one attached hydrogen (secondary N) is 1. The first-order valence-corrected chi connectivity index (χ1v) is 5.62. The largest absolute Gasteiger partial charge is 0.396 e. The third kappa shape index (κ3) is 3.28.